The molecular weight excluding hydrogens is 186 g/mol. The first kappa shape index (κ1) is 10.2. The third-order valence-electron chi connectivity index (χ3n) is 3.00. The number of carbonyl (C=O) groups excluding carboxylic acids is 1. The molecule has 15 heavy (non-hydrogen) atoms. The molecule has 0 spiro atoms. The average molecular weight is 203 g/mol. The summed E-state index contributed by atoms with van der Waals surface area (Å²) in [7, 11) is 0. The van der Waals surface area contributed by atoms with Crippen molar-refractivity contribution in [2.24, 2.45) is 5.92 Å². The molecule has 1 aromatic heterocycles. The van der Waals surface area contributed by atoms with Crippen molar-refractivity contribution in [3.63, 3.8) is 0 Å². The number of allylic oxidation sites excluding steroid dienone is 2. The maximum atomic E-state index is 11.6. The van der Waals surface area contributed by atoms with Crippen molar-refractivity contribution in [2.75, 3.05) is 0 Å². The molecule has 0 saturated heterocycles. The van der Waals surface area contributed by atoms with Gasteiger partial charge < -0.3 is 0 Å². The molecule has 1 heterocycles. The standard InChI is InChI=1S/C13H17NO/c15-13(14-10-3-4-11-14)9-5-8-12-6-1-2-7-12/h1-4,10-12H,5-9H2. The van der Waals surface area contributed by atoms with Gasteiger partial charge in [0.15, 0.2) is 0 Å². The Bertz CT molecular complexity index is 329. The van der Waals surface area contributed by atoms with Crippen molar-refractivity contribution >= 4 is 5.91 Å². The summed E-state index contributed by atoms with van der Waals surface area (Å²) in [6.45, 7) is 0. The van der Waals surface area contributed by atoms with Crippen molar-refractivity contribution in [3.05, 3.63) is 36.7 Å². The van der Waals surface area contributed by atoms with E-state index in [1.165, 1.54) is 19.3 Å². The lowest BCUT2D eigenvalue weighted by Gasteiger charge is -2.07. The Morgan fingerprint density at radius 2 is 1.87 bits per heavy atom. The monoisotopic (exact) mass is 203 g/mol. The molecule has 0 aromatic carbocycles. The number of hydrogen-bond acceptors (Lipinski definition) is 1. The molecule has 1 aliphatic rings. The van der Waals surface area contributed by atoms with Crippen molar-refractivity contribution < 1.29 is 4.79 Å². The van der Waals surface area contributed by atoms with Crippen LogP contribution in [0.1, 0.15) is 36.9 Å². The molecule has 0 unspecified atom stereocenters. The summed E-state index contributed by atoms with van der Waals surface area (Å²) in [6, 6.07) is 3.78. The molecule has 0 saturated carbocycles. The molecular formula is C13H17NO. The minimum absolute atomic E-state index is 0.214. The minimum Gasteiger partial charge on any atom is -0.295 e. The van der Waals surface area contributed by atoms with Gasteiger partial charge in [0, 0.05) is 18.8 Å². The summed E-state index contributed by atoms with van der Waals surface area (Å²) in [5.74, 6) is 1.01. The molecule has 0 bridgehead atoms. The number of nitrogens with zero attached hydrogens (tertiary/aromatic N) is 1. The van der Waals surface area contributed by atoms with Gasteiger partial charge in [-0.05, 0) is 43.7 Å². The van der Waals surface area contributed by atoms with Gasteiger partial charge in [0.1, 0.15) is 0 Å². The predicted octanol–water partition coefficient (Wildman–Crippen LogP) is 3.26. The summed E-state index contributed by atoms with van der Waals surface area (Å²) in [5.41, 5.74) is 0. The Morgan fingerprint density at radius 1 is 1.20 bits per heavy atom. The Balaban J connectivity index is 1.67. The second kappa shape index (κ2) is 4.96. The van der Waals surface area contributed by atoms with Crippen LogP contribution in [0.3, 0.4) is 0 Å². The minimum atomic E-state index is 0.214. The highest BCUT2D eigenvalue weighted by Gasteiger charge is 2.11. The molecule has 80 valence electrons. The highest BCUT2D eigenvalue weighted by molar-refractivity contribution is 5.78. The van der Waals surface area contributed by atoms with E-state index in [9.17, 15) is 4.79 Å². The van der Waals surface area contributed by atoms with E-state index in [0.29, 0.717) is 6.42 Å². The van der Waals surface area contributed by atoms with Crippen LogP contribution in [-0.2, 0) is 0 Å². The van der Waals surface area contributed by atoms with Crippen LogP contribution in [0.4, 0.5) is 0 Å². The molecule has 0 N–H and O–H groups in total. The van der Waals surface area contributed by atoms with E-state index in [2.05, 4.69) is 12.2 Å². The van der Waals surface area contributed by atoms with E-state index in [4.69, 9.17) is 0 Å². The summed E-state index contributed by atoms with van der Waals surface area (Å²) < 4.78 is 1.67. The van der Waals surface area contributed by atoms with Crippen LogP contribution in [0, 0.1) is 5.92 Å². The molecule has 0 aliphatic heterocycles. The van der Waals surface area contributed by atoms with Gasteiger partial charge in [0.05, 0.1) is 0 Å². The fraction of sp³-hybridized carbons (Fsp3) is 0.462. The molecule has 0 radical (unpaired) electrons. The summed E-state index contributed by atoms with van der Waals surface area (Å²) in [6.07, 6.45) is 13.4. The van der Waals surface area contributed by atoms with E-state index in [0.717, 1.165) is 12.3 Å². The second-order valence-corrected chi connectivity index (χ2v) is 4.19. The van der Waals surface area contributed by atoms with Gasteiger partial charge in [-0.3, -0.25) is 9.36 Å². The van der Waals surface area contributed by atoms with Crippen molar-refractivity contribution in [3.8, 4) is 0 Å². The van der Waals surface area contributed by atoms with Crippen LogP contribution in [0.2, 0.25) is 0 Å². The lowest BCUT2D eigenvalue weighted by molar-refractivity contribution is 0.0898. The van der Waals surface area contributed by atoms with Crippen LogP contribution in [0.5, 0.6) is 0 Å². The normalized spacial score (nSPS) is 16.0. The van der Waals surface area contributed by atoms with E-state index in [1.807, 2.05) is 24.5 Å². The quantitative estimate of drug-likeness (QED) is 0.688. The fourth-order valence-electron chi connectivity index (χ4n) is 2.08. The summed E-state index contributed by atoms with van der Waals surface area (Å²) in [4.78, 5) is 11.6. The summed E-state index contributed by atoms with van der Waals surface area (Å²) >= 11 is 0. The van der Waals surface area contributed by atoms with Crippen LogP contribution >= 0.6 is 0 Å². The fourth-order valence-corrected chi connectivity index (χ4v) is 2.08. The molecule has 2 heteroatoms. The molecule has 2 nitrogen and oxygen atoms in total. The molecule has 0 fully saturated rings. The average Bonchev–Trinajstić information content (AvgIpc) is 2.90. The smallest absolute Gasteiger partial charge is 0.230 e. The largest absolute Gasteiger partial charge is 0.295 e. The van der Waals surface area contributed by atoms with Crippen LogP contribution in [0.25, 0.3) is 0 Å². The Morgan fingerprint density at radius 3 is 2.53 bits per heavy atom. The molecule has 2 rings (SSSR count). The number of aromatic nitrogens is 1. The molecule has 1 aliphatic carbocycles. The summed E-state index contributed by atoms with van der Waals surface area (Å²) in [5, 5.41) is 0. The lowest BCUT2D eigenvalue weighted by atomic mass is 10.00. The van der Waals surface area contributed by atoms with Gasteiger partial charge in [-0.2, -0.15) is 0 Å². The number of hydrogen-bond donors (Lipinski definition) is 0. The first-order valence-electron chi connectivity index (χ1n) is 5.67. The maximum absolute atomic E-state index is 11.6. The Labute approximate surface area is 90.6 Å². The van der Waals surface area contributed by atoms with Gasteiger partial charge >= 0.3 is 0 Å². The first-order valence-corrected chi connectivity index (χ1v) is 5.67. The van der Waals surface area contributed by atoms with Gasteiger partial charge in [0.25, 0.3) is 0 Å². The van der Waals surface area contributed by atoms with E-state index in [-0.39, 0.29) is 5.91 Å². The van der Waals surface area contributed by atoms with Crippen molar-refractivity contribution in [1.82, 2.24) is 4.57 Å². The lowest BCUT2D eigenvalue weighted by Crippen LogP contribution is -2.08. The van der Waals surface area contributed by atoms with E-state index in [1.54, 1.807) is 4.57 Å². The predicted molar refractivity (Wildman–Crippen MR) is 60.8 cm³/mol. The molecule has 0 atom stereocenters. The highest BCUT2D eigenvalue weighted by atomic mass is 16.1. The highest BCUT2D eigenvalue weighted by Crippen LogP contribution is 2.23. The van der Waals surface area contributed by atoms with Gasteiger partial charge in [-0.1, -0.05) is 12.2 Å². The SMILES string of the molecule is O=C(CCCC1CC=CC1)n1cccc1. The van der Waals surface area contributed by atoms with Crippen LogP contribution < -0.4 is 0 Å². The third kappa shape index (κ3) is 2.82. The zero-order valence-corrected chi connectivity index (χ0v) is 8.93. The van der Waals surface area contributed by atoms with E-state index >= 15 is 0 Å². The zero-order valence-electron chi connectivity index (χ0n) is 8.93. The second-order valence-electron chi connectivity index (χ2n) is 4.19. The topological polar surface area (TPSA) is 22.0 Å². The third-order valence-corrected chi connectivity index (χ3v) is 3.00. The molecule has 0 amide bonds. The Kier molecular flexibility index (Phi) is 3.38. The Hall–Kier alpha value is -1.31. The van der Waals surface area contributed by atoms with Crippen molar-refractivity contribution in [1.29, 1.82) is 0 Å². The maximum Gasteiger partial charge on any atom is 0.230 e. The van der Waals surface area contributed by atoms with Gasteiger partial charge in [0.2, 0.25) is 5.91 Å². The van der Waals surface area contributed by atoms with Gasteiger partial charge in [-0.15, -0.1) is 0 Å². The first-order chi connectivity index (χ1) is 7.36. The van der Waals surface area contributed by atoms with E-state index < -0.39 is 0 Å². The number of carbonyl (C=O) groups is 1. The van der Waals surface area contributed by atoms with Crippen molar-refractivity contribution in [2.45, 2.75) is 32.1 Å². The van der Waals surface area contributed by atoms with Crippen LogP contribution in [-0.4, -0.2) is 10.5 Å². The van der Waals surface area contributed by atoms with Gasteiger partial charge in [-0.25, -0.2) is 0 Å². The number of rotatable bonds is 4. The zero-order chi connectivity index (χ0) is 10.5. The molecule has 1 aromatic rings. The van der Waals surface area contributed by atoms with Crippen LogP contribution in [0.15, 0.2) is 36.7 Å².